The van der Waals surface area contributed by atoms with Crippen molar-refractivity contribution in [1.29, 1.82) is 0 Å². The SMILES string of the molecule is CCCC[Si](C)(C)O[Si](C)(C)O[Si](C)(C)CC[Si](C)(O[Si](C)(C)C)O[Si](C)(CCCOCCOC)O[Si](C)(C)O[Si](C)(C)C. The van der Waals surface area contributed by atoms with Crippen molar-refractivity contribution in [3.8, 4) is 0 Å². The third kappa shape index (κ3) is 22.9. The van der Waals surface area contributed by atoms with Crippen molar-refractivity contribution in [2.45, 2.75) is 155 Å². The fraction of sp³-hybridized carbons (Fsp3) is 1.00. The maximum atomic E-state index is 7.34. The number of ether oxygens (including phenoxy) is 2. The van der Waals surface area contributed by atoms with Gasteiger partial charge in [0.15, 0.2) is 33.3 Å². The van der Waals surface area contributed by atoms with E-state index in [-0.39, 0.29) is 0 Å². The van der Waals surface area contributed by atoms with Gasteiger partial charge in [0.1, 0.15) is 0 Å². The van der Waals surface area contributed by atoms with Crippen LogP contribution in [0.2, 0.25) is 129 Å². The molecule has 8 nitrogen and oxygen atoms in total. The van der Waals surface area contributed by atoms with Crippen LogP contribution >= 0.6 is 0 Å². The molecule has 0 saturated carbocycles. The van der Waals surface area contributed by atoms with Gasteiger partial charge in [-0.3, -0.25) is 0 Å². The van der Waals surface area contributed by atoms with Crippen molar-refractivity contribution in [2.75, 3.05) is 26.9 Å². The summed E-state index contributed by atoms with van der Waals surface area (Å²) in [5, 5.41) is 0. The van der Waals surface area contributed by atoms with Crippen LogP contribution in [0.5, 0.6) is 0 Å². The van der Waals surface area contributed by atoms with Crippen LogP contribution in [0.25, 0.3) is 0 Å². The molecule has 0 spiro atoms. The van der Waals surface area contributed by atoms with Crippen LogP contribution in [0.15, 0.2) is 0 Å². The number of hydrogen-bond donors (Lipinski definition) is 0. The third-order valence-corrected chi connectivity index (χ3v) is 36.7. The smallest absolute Gasteiger partial charge is 0.317 e. The summed E-state index contributed by atoms with van der Waals surface area (Å²) in [6.07, 6.45) is 3.31. The molecule has 2 unspecified atom stereocenters. The zero-order valence-electron chi connectivity index (χ0n) is 32.3. The molecule has 0 aliphatic rings. The molecule has 0 N–H and O–H groups in total. The second-order valence-electron chi connectivity index (χ2n) is 16.7. The molecule has 0 aliphatic heterocycles. The molecule has 0 heterocycles. The summed E-state index contributed by atoms with van der Waals surface area (Å²) >= 11 is 0. The quantitative estimate of drug-likeness (QED) is 0.0673. The van der Waals surface area contributed by atoms with Crippen LogP contribution in [-0.2, 0) is 34.2 Å². The van der Waals surface area contributed by atoms with Crippen molar-refractivity contribution in [3.63, 3.8) is 0 Å². The average molecular weight is 764 g/mol. The van der Waals surface area contributed by atoms with Gasteiger partial charge in [-0.15, -0.1) is 0 Å². The first-order valence-electron chi connectivity index (χ1n) is 16.8. The van der Waals surface area contributed by atoms with Crippen LogP contribution in [0, 0.1) is 0 Å². The fourth-order valence-corrected chi connectivity index (χ4v) is 46.3. The van der Waals surface area contributed by atoms with Gasteiger partial charge in [-0.25, -0.2) is 0 Å². The minimum atomic E-state index is -2.71. The predicted molar refractivity (Wildman–Crippen MR) is 208 cm³/mol. The van der Waals surface area contributed by atoms with E-state index in [0.717, 1.165) is 24.6 Å². The van der Waals surface area contributed by atoms with E-state index in [1.54, 1.807) is 7.11 Å². The molecular formula is C28H74O8Si8. The molecule has 0 aromatic rings. The normalized spacial score (nSPS) is 17.0. The Labute approximate surface area is 282 Å². The Morgan fingerprint density at radius 1 is 0.409 bits per heavy atom. The highest BCUT2D eigenvalue weighted by Crippen LogP contribution is 2.34. The van der Waals surface area contributed by atoms with E-state index >= 15 is 0 Å². The van der Waals surface area contributed by atoms with E-state index in [1.165, 1.54) is 18.9 Å². The Morgan fingerprint density at radius 3 is 1.36 bits per heavy atom. The molecule has 16 heteroatoms. The predicted octanol–water partition coefficient (Wildman–Crippen LogP) is 9.57. The molecule has 0 bridgehead atoms. The van der Waals surface area contributed by atoms with Gasteiger partial charge in [0.25, 0.3) is 0 Å². The lowest BCUT2D eigenvalue weighted by atomic mass is 10.4. The molecule has 0 fully saturated rings. The summed E-state index contributed by atoms with van der Waals surface area (Å²) in [4.78, 5) is 0. The minimum absolute atomic E-state index is 0.599. The Morgan fingerprint density at radius 2 is 0.886 bits per heavy atom. The van der Waals surface area contributed by atoms with Gasteiger partial charge in [-0.1, -0.05) is 19.8 Å². The van der Waals surface area contributed by atoms with E-state index in [2.05, 4.69) is 112 Å². The van der Waals surface area contributed by atoms with Crippen LogP contribution in [-0.4, -0.2) is 94.4 Å². The molecule has 44 heavy (non-hydrogen) atoms. The molecule has 0 aliphatic carbocycles. The van der Waals surface area contributed by atoms with Gasteiger partial charge in [-0.05, 0) is 135 Å². The first-order chi connectivity index (χ1) is 19.6. The first kappa shape index (κ1) is 45.4. The van der Waals surface area contributed by atoms with E-state index in [1.807, 2.05) is 0 Å². The molecule has 2 atom stereocenters. The number of hydrogen-bond acceptors (Lipinski definition) is 8. The molecule has 0 saturated heterocycles. The maximum absolute atomic E-state index is 7.34. The standard InChI is InChI=1S/C28H74O8Si8/c1-19-20-25-39(9,10)33-42(15,16)34-40(11,12)27-28-44(18,32-38(6,7)8)36-43(17,26-21-22-30-24-23-29-2)35-41(13,14)31-37(3,4)5/h19-28H2,1-18H3. The van der Waals surface area contributed by atoms with Crippen molar-refractivity contribution < 1.29 is 34.2 Å². The average Bonchev–Trinajstić information content (AvgIpc) is 2.73. The zero-order chi connectivity index (χ0) is 34.7. The van der Waals surface area contributed by atoms with E-state index in [0.29, 0.717) is 19.8 Å². The van der Waals surface area contributed by atoms with Crippen LogP contribution in [0.4, 0.5) is 0 Å². The summed E-state index contributed by atoms with van der Waals surface area (Å²) in [6, 6.07) is 3.90. The largest absolute Gasteiger partial charge is 0.437 e. The van der Waals surface area contributed by atoms with Gasteiger partial charge in [0.05, 0.1) is 13.2 Å². The van der Waals surface area contributed by atoms with E-state index < -0.39 is 67.5 Å². The highest BCUT2D eigenvalue weighted by Gasteiger charge is 2.50. The van der Waals surface area contributed by atoms with Crippen molar-refractivity contribution in [1.82, 2.24) is 0 Å². The molecule has 0 amide bonds. The lowest BCUT2D eigenvalue weighted by Crippen LogP contribution is -2.60. The lowest BCUT2D eigenvalue weighted by molar-refractivity contribution is 0.0702. The van der Waals surface area contributed by atoms with E-state index in [9.17, 15) is 0 Å². The maximum Gasteiger partial charge on any atom is 0.317 e. The first-order valence-corrected chi connectivity index (χ1v) is 40.6. The summed E-state index contributed by atoms with van der Waals surface area (Å²) in [5.41, 5.74) is 0. The monoisotopic (exact) mass is 762 g/mol. The number of rotatable bonds is 25. The van der Waals surface area contributed by atoms with Crippen molar-refractivity contribution >= 4 is 67.5 Å². The number of methoxy groups -OCH3 is 1. The van der Waals surface area contributed by atoms with Crippen LogP contribution in [0.1, 0.15) is 26.2 Å². The van der Waals surface area contributed by atoms with Crippen LogP contribution < -0.4 is 0 Å². The van der Waals surface area contributed by atoms with Crippen molar-refractivity contribution in [3.05, 3.63) is 0 Å². The summed E-state index contributed by atoms with van der Waals surface area (Å²) in [7, 11) is -15.9. The zero-order valence-corrected chi connectivity index (χ0v) is 40.3. The fourth-order valence-electron chi connectivity index (χ4n) is 5.95. The molecule has 0 radical (unpaired) electrons. The lowest BCUT2D eigenvalue weighted by Gasteiger charge is -2.45. The highest BCUT2D eigenvalue weighted by molar-refractivity contribution is 6.92. The van der Waals surface area contributed by atoms with Gasteiger partial charge < -0.3 is 34.2 Å². The summed E-state index contributed by atoms with van der Waals surface area (Å²) in [5.74, 6) is 0. The summed E-state index contributed by atoms with van der Waals surface area (Å²) in [6.45, 7) is 40.3. The summed E-state index contributed by atoms with van der Waals surface area (Å²) < 4.78 is 52.9. The van der Waals surface area contributed by atoms with Crippen molar-refractivity contribution in [2.24, 2.45) is 0 Å². The molecular weight excluding hydrogens is 689 g/mol. The number of unbranched alkanes of at least 4 members (excludes halogenated alkanes) is 1. The molecule has 266 valence electrons. The molecule has 0 rings (SSSR count). The Bertz CT molecular complexity index is 820. The minimum Gasteiger partial charge on any atom is -0.437 e. The van der Waals surface area contributed by atoms with Gasteiger partial charge in [-0.2, -0.15) is 0 Å². The second kappa shape index (κ2) is 18.4. The topological polar surface area (TPSA) is 73.8 Å². The Hall–Kier alpha value is 1.42. The van der Waals surface area contributed by atoms with Gasteiger partial charge in [0.2, 0.25) is 0 Å². The Balaban J connectivity index is 6.03. The second-order valence-corrected chi connectivity index (χ2v) is 49.3. The van der Waals surface area contributed by atoms with E-state index in [4.69, 9.17) is 34.2 Å². The Kier molecular flexibility index (Phi) is 19.0. The van der Waals surface area contributed by atoms with Gasteiger partial charge in [0, 0.05) is 13.7 Å². The highest BCUT2D eigenvalue weighted by atomic mass is 28.5. The molecule has 0 aromatic carbocycles. The van der Waals surface area contributed by atoms with Gasteiger partial charge >= 0.3 is 34.2 Å². The third-order valence-electron chi connectivity index (χ3n) is 6.68. The molecule has 0 aromatic heterocycles. The van der Waals surface area contributed by atoms with Crippen LogP contribution in [0.3, 0.4) is 0 Å².